The number of aromatic nitrogens is 2. The monoisotopic (exact) mass is 302 g/mol. The van der Waals surface area contributed by atoms with Gasteiger partial charge in [0.1, 0.15) is 17.5 Å². The Hall–Kier alpha value is -1.81. The van der Waals surface area contributed by atoms with Crippen LogP contribution in [-0.2, 0) is 0 Å². The Morgan fingerprint density at radius 2 is 2.00 bits per heavy atom. The summed E-state index contributed by atoms with van der Waals surface area (Å²) in [5, 5.41) is 7.39. The van der Waals surface area contributed by atoms with E-state index in [9.17, 15) is 0 Å². The van der Waals surface area contributed by atoms with Gasteiger partial charge in [-0.3, -0.25) is 0 Å². The van der Waals surface area contributed by atoms with Crippen LogP contribution in [0.3, 0.4) is 0 Å². The molecule has 1 saturated carbocycles. The zero-order valence-electron chi connectivity index (χ0n) is 12.3. The first-order chi connectivity index (χ1) is 10.2. The molecule has 5 heteroatoms. The van der Waals surface area contributed by atoms with Crippen LogP contribution < -0.4 is 10.6 Å². The standard InChI is InChI=1S/C16H19ClN4/c1-3-18-14-10(2)15(21-16(20-14)11-7-8-11)19-13-6-4-5-12(17)9-13/h4-6,9,11H,3,7-8H2,1-2H3,(H2,18,19,20,21). The summed E-state index contributed by atoms with van der Waals surface area (Å²) >= 11 is 6.04. The normalized spacial score (nSPS) is 14.0. The van der Waals surface area contributed by atoms with Gasteiger partial charge in [-0.2, -0.15) is 0 Å². The number of hydrogen-bond donors (Lipinski definition) is 2. The van der Waals surface area contributed by atoms with Gasteiger partial charge in [-0.25, -0.2) is 9.97 Å². The molecule has 4 nitrogen and oxygen atoms in total. The van der Waals surface area contributed by atoms with E-state index in [0.717, 1.165) is 35.3 Å². The summed E-state index contributed by atoms with van der Waals surface area (Å²) in [4.78, 5) is 9.35. The van der Waals surface area contributed by atoms with Crippen LogP contribution in [0.2, 0.25) is 5.02 Å². The molecule has 1 fully saturated rings. The third-order valence-corrected chi connectivity index (χ3v) is 3.77. The van der Waals surface area contributed by atoms with Crippen molar-refractivity contribution in [2.24, 2.45) is 0 Å². The molecule has 0 spiro atoms. The van der Waals surface area contributed by atoms with Gasteiger partial charge in [0, 0.05) is 28.7 Å². The van der Waals surface area contributed by atoms with E-state index in [1.54, 1.807) is 0 Å². The highest BCUT2D eigenvalue weighted by Crippen LogP contribution is 2.39. The quantitative estimate of drug-likeness (QED) is 0.854. The molecule has 0 bridgehead atoms. The van der Waals surface area contributed by atoms with Gasteiger partial charge in [0.05, 0.1) is 0 Å². The molecule has 0 radical (unpaired) electrons. The van der Waals surface area contributed by atoms with E-state index in [1.165, 1.54) is 12.8 Å². The average Bonchev–Trinajstić information content (AvgIpc) is 3.28. The van der Waals surface area contributed by atoms with Crippen LogP contribution in [0, 0.1) is 6.92 Å². The van der Waals surface area contributed by atoms with Crippen molar-refractivity contribution in [1.29, 1.82) is 0 Å². The minimum atomic E-state index is 0.517. The number of anilines is 3. The lowest BCUT2D eigenvalue weighted by Gasteiger charge is -2.14. The molecule has 1 aliphatic carbocycles. The lowest BCUT2D eigenvalue weighted by Crippen LogP contribution is -2.09. The van der Waals surface area contributed by atoms with Gasteiger partial charge in [0.25, 0.3) is 0 Å². The Morgan fingerprint density at radius 3 is 2.67 bits per heavy atom. The summed E-state index contributed by atoms with van der Waals surface area (Å²) < 4.78 is 0. The Labute approximate surface area is 130 Å². The lowest BCUT2D eigenvalue weighted by atomic mass is 10.2. The first kappa shape index (κ1) is 14.1. The Morgan fingerprint density at radius 1 is 1.24 bits per heavy atom. The van der Waals surface area contributed by atoms with E-state index in [4.69, 9.17) is 16.6 Å². The summed E-state index contributed by atoms with van der Waals surface area (Å²) in [5.41, 5.74) is 1.97. The zero-order chi connectivity index (χ0) is 14.8. The number of nitrogens with zero attached hydrogens (tertiary/aromatic N) is 2. The molecule has 1 aliphatic rings. The minimum absolute atomic E-state index is 0.517. The molecule has 0 saturated heterocycles. The van der Waals surface area contributed by atoms with Crippen LogP contribution in [0.15, 0.2) is 24.3 Å². The van der Waals surface area contributed by atoms with Crippen LogP contribution in [0.25, 0.3) is 0 Å². The maximum atomic E-state index is 6.04. The highest BCUT2D eigenvalue weighted by Gasteiger charge is 2.28. The van der Waals surface area contributed by atoms with Crippen LogP contribution in [0.1, 0.15) is 37.1 Å². The van der Waals surface area contributed by atoms with Crippen molar-refractivity contribution in [3.8, 4) is 0 Å². The van der Waals surface area contributed by atoms with Crippen LogP contribution in [-0.4, -0.2) is 16.5 Å². The molecule has 3 rings (SSSR count). The molecule has 0 aliphatic heterocycles. The Balaban J connectivity index is 1.95. The highest BCUT2D eigenvalue weighted by molar-refractivity contribution is 6.30. The minimum Gasteiger partial charge on any atom is -0.370 e. The van der Waals surface area contributed by atoms with Gasteiger partial charge >= 0.3 is 0 Å². The Bertz CT molecular complexity index is 653. The molecular weight excluding hydrogens is 284 g/mol. The van der Waals surface area contributed by atoms with Gasteiger partial charge in [0.15, 0.2) is 0 Å². The van der Waals surface area contributed by atoms with Crippen molar-refractivity contribution in [3.05, 3.63) is 40.7 Å². The van der Waals surface area contributed by atoms with Gasteiger partial charge in [-0.1, -0.05) is 17.7 Å². The van der Waals surface area contributed by atoms with Crippen LogP contribution >= 0.6 is 11.6 Å². The number of hydrogen-bond acceptors (Lipinski definition) is 4. The molecular formula is C16H19ClN4. The van der Waals surface area contributed by atoms with E-state index in [0.29, 0.717) is 10.9 Å². The highest BCUT2D eigenvalue weighted by atomic mass is 35.5. The average molecular weight is 303 g/mol. The van der Waals surface area contributed by atoms with Crippen molar-refractivity contribution in [3.63, 3.8) is 0 Å². The van der Waals surface area contributed by atoms with E-state index in [1.807, 2.05) is 31.2 Å². The molecule has 1 aromatic carbocycles. The summed E-state index contributed by atoms with van der Waals surface area (Å²) in [6.45, 7) is 4.95. The van der Waals surface area contributed by atoms with Crippen molar-refractivity contribution >= 4 is 28.9 Å². The molecule has 2 N–H and O–H groups in total. The van der Waals surface area contributed by atoms with Gasteiger partial charge in [-0.05, 0) is 44.9 Å². The van der Waals surface area contributed by atoms with Crippen molar-refractivity contribution in [2.75, 3.05) is 17.2 Å². The smallest absolute Gasteiger partial charge is 0.139 e. The topological polar surface area (TPSA) is 49.8 Å². The fourth-order valence-electron chi connectivity index (χ4n) is 2.22. The number of halogens is 1. The van der Waals surface area contributed by atoms with E-state index in [-0.39, 0.29) is 0 Å². The largest absolute Gasteiger partial charge is 0.370 e. The summed E-state index contributed by atoms with van der Waals surface area (Å²) in [7, 11) is 0. The van der Waals surface area contributed by atoms with Gasteiger partial charge < -0.3 is 10.6 Å². The van der Waals surface area contributed by atoms with E-state index in [2.05, 4.69) is 22.5 Å². The fraction of sp³-hybridized carbons (Fsp3) is 0.375. The Kier molecular flexibility index (Phi) is 3.97. The molecule has 21 heavy (non-hydrogen) atoms. The second-order valence-electron chi connectivity index (χ2n) is 5.34. The molecule has 110 valence electrons. The predicted molar refractivity (Wildman–Crippen MR) is 87.6 cm³/mol. The molecule has 0 unspecified atom stereocenters. The summed E-state index contributed by atoms with van der Waals surface area (Å²) in [6, 6.07) is 7.66. The molecule has 1 aromatic heterocycles. The maximum absolute atomic E-state index is 6.04. The number of nitrogens with one attached hydrogen (secondary N) is 2. The van der Waals surface area contributed by atoms with Crippen molar-refractivity contribution in [1.82, 2.24) is 9.97 Å². The molecule has 2 aromatic rings. The second kappa shape index (κ2) is 5.90. The predicted octanol–water partition coefficient (Wildman–Crippen LogP) is 4.49. The first-order valence-electron chi connectivity index (χ1n) is 7.32. The molecule has 0 atom stereocenters. The van der Waals surface area contributed by atoms with Gasteiger partial charge in [-0.15, -0.1) is 0 Å². The van der Waals surface area contributed by atoms with Crippen LogP contribution in [0.4, 0.5) is 17.3 Å². The van der Waals surface area contributed by atoms with E-state index < -0.39 is 0 Å². The van der Waals surface area contributed by atoms with Gasteiger partial charge in [0.2, 0.25) is 0 Å². The third-order valence-electron chi connectivity index (χ3n) is 3.54. The number of benzene rings is 1. The fourth-order valence-corrected chi connectivity index (χ4v) is 2.41. The van der Waals surface area contributed by atoms with Crippen molar-refractivity contribution in [2.45, 2.75) is 32.6 Å². The number of rotatable bonds is 5. The first-order valence-corrected chi connectivity index (χ1v) is 7.70. The molecule has 0 amide bonds. The second-order valence-corrected chi connectivity index (χ2v) is 5.78. The van der Waals surface area contributed by atoms with Crippen molar-refractivity contribution < 1.29 is 0 Å². The molecule has 1 heterocycles. The zero-order valence-corrected chi connectivity index (χ0v) is 13.0. The third kappa shape index (κ3) is 3.27. The SMILES string of the molecule is CCNc1nc(C2CC2)nc(Nc2cccc(Cl)c2)c1C. The summed E-state index contributed by atoms with van der Waals surface area (Å²) in [6.07, 6.45) is 2.37. The van der Waals surface area contributed by atoms with Crippen LogP contribution in [0.5, 0.6) is 0 Å². The van der Waals surface area contributed by atoms with E-state index >= 15 is 0 Å². The maximum Gasteiger partial charge on any atom is 0.139 e. The summed E-state index contributed by atoms with van der Waals surface area (Å²) in [5.74, 6) is 3.22. The lowest BCUT2D eigenvalue weighted by molar-refractivity contribution is 0.918.